The summed E-state index contributed by atoms with van der Waals surface area (Å²) in [6.45, 7) is 9.44. The first kappa shape index (κ1) is 20.4. The van der Waals surface area contributed by atoms with E-state index >= 15 is 0 Å². The maximum atomic E-state index is 14.5. The lowest BCUT2D eigenvalue weighted by Crippen LogP contribution is -2.54. The Balaban J connectivity index is 1.53. The third kappa shape index (κ3) is 3.47. The van der Waals surface area contributed by atoms with Gasteiger partial charge in [-0.05, 0) is 60.5 Å². The zero-order chi connectivity index (χ0) is 20.8. The number of fused-ring (bicyclic) bond motifs is 2. The fraction of sp³-hybridized carbons (Fsp3) is 0.667. The molecule has 0 radical (unpaired) electrons. The van der Waals surface area contributed by atoms with Crippen LogP contribution >= 0.6 is 0 Å². The second-order valence-corrected chi connectivity index (χ2v) is 10.1. The number of halogens is 1. The van der Waals surface area contributed by atoms with Crippen molar-refractivity contribution in [2.75, 3.05) is 6.54 Å². The molecule has 5 heteroatoms. The maximum Gasteiger partial charge on any atom is 0.338 e. The quantitative estimate of drug-likeness (QED) is 0.679. The van der Waals surface area contributed by atoms with E-state index < -0.39 is 0 Å². The van der Waals surface area contributed by atoms with Crippen LogP contribution in [0.4, 0.5) is 9.18 Å². The first-order valence-electron chi connectivity index (χ1n) is 11.2. The zero-order valence-corrected chi connectivity index (χ0v) is 18.2. The van der Waals surface area contributed by atoms with Gasteiger partial charge in [0.05, 0.1) is 6.54 Å². The topological polar surface area (TPSA) is 44.7 Å². The Morgan fingerprint density at radius 2 is 2.07 bits per heavy atom. The predicted octanol–water partition coefficient (Wildman–Crippen LogP) is 5.70. The van der Waals surface area contributed by atoms with Crippen LogP contribution in [0.5, 0.6) is 0 Å². The van der Waals surface area contributed by atoms with Gasteiger partial charge in [-0.1, -0.05) is 52.3 Å². The number of benzene rings is 1. The van der Waals surface area contributed by atoms with Crippen LogP contribution in [0.1, 0.15) is 77.7 Å². The van der Waals surface area contributed by atoms with Crippen molar-refractivity contribution in [1.29, 1.82) is 0 Å². The van der Waals surface area contributed by atoms with Crippen LogP contribution in [0.25, 0.3) is 0 Å². The van der Waals surface area contributed by atoms with Crippen LogP contribution < -0.4 is 5.32 Å². The molecule has 0 saturated heterocycles. The van der Waals surface area contributed by atoms with Gasteiger partial charge in [-0.15, -0.1) is 0 Å². The Hall–Kier alpha value is -1.91. The maximum absolute atomic E-state index is 14.5. The summed E-state index contributed by atoms with van der Waals surface area (Å²) in [6, 6.07) is 6.90. The fourth-order valence-corrected chi connectivity index (χ4v) is 6.15. The van der Waals surface area contributed by atoms with Gasteiger partial charge in [0.2, 0.25) is 0 Å². The third-order valence-electron chi connectivity index (χ3n) is 7.85. The van der Waals surface area contributed by atoms with Crippen molar-refractivity contribution in [3.63, 3.8) is 0 Å². The first-order valence-corrected chi connectivity index (χ1v) is 11.2. The van der Waals surface area contributed by atoms with Gasteiger partial charge in [-0.3, -0.25) is 0 Å². The number of rotatable bonds is 5. The van der Waals surface area contributed by atoms with Crippen molar-refractivity contribution >= 4 is 11.7 Å². The molecule has 29 heavy (non-hydrogen) atoms. The Kier molecular flexibility index (Phi) is 5.20. The third-order valence-corrected chi connectivity index (χ3v) is 7.85. The molecule has 1 heterocycles. The highest BCUT2D eigenvalue weighted by Crippen LogP contribution is 2.62. The smallest absolute Gasteiger partial charge is 0.333 e. The average Bonchev–Trinajstić information content (AvgIpc) is 3.33. The molecule has 2 unspecified atom stereocenters. The van der Waals surface area contributed by atoms with Gasteiger partial charge in [0.1, 0.15) is 5.82 Å². The second-order valence-electron chi connectivity index (χ2n) is 10.1. The molecule has 2 bridgehead atoms. The van der Waals surface area contributed by atoms with Crippen molar-refractivity contribution in [3.05, 3.63) is 35.6 Å². The Morgan fingerprint density at radius 1 is 1.31 bits per heavy atom. The molecule has 1 aliphatic heterocycles. The van der Waals surface area contributed by atoms with Crippen molar-refractivity contribution in [2.45, 2.75) is 78.2 Å². The van der Waals surface area contributed by atoms with E-state index in [4.69, 9.17) is 0 Å². The number of carbonyl (C=O) groups excluding carboxylic acids is 1. The summed E-state index contributed by atoms with van der Waals surface area (Å²) >= 11 is 0. The number of carbonyl (C=O) groups is 1. The molecule has 2 amide bonds. The molecule has 1 aromatic carbocycles. The van der Waals surface area contributed by atoms with Crippen LogP contribution in [0.15, 0.2) is 29.4 Å². The Bertz CT molecular complexity index is 815. The summed E-state index contributed by atoms with van der Waals surface area (Å²) in [5.41, 5.74) is 1.83. The second kappa shape index (κ2) is 7.41. The summed E-state index contributed by atoms with van der Waals surface area (Å²) in [4.78, 5) is 13.2. The van der Waals surface area contributed by atoms with E-state index in [2.05, 4.69) is 38.1 Å². The van der Waals surface area contributed by atoms with Crippen LogP contribution in [-0.2, 0) is 0 Å². The molecule has 0 aromatic heterocycles. The lowest BCUT2D eigenvalue weighted by molar-refractivity contribution is 0.106. The molecule has 4 rings (SSSR count). The number of hydrazone groups is 1. The van der Waals surface area contributed by atoms with Gasteiger partial charge in [0, 0.05) is 17.7 Å². The predicted molar refractivity (Wildman–Crippen MR) is 114 cm³/mol. The molecule has 1 aromatic rings. The minimum Gasteiger partial charge on any atom is -0.333 e. The van der Waals surface area contributed by atoms with Crippen molar-refractivity contribution in [2.24, 2.45) is 21.8 Å². The van der Waals surface area contributed by atoms with E-state index in [0.717, 1.165) is 25.0 Å². The summed E-state index contributed by atoms with van der Waals surface area (Å²) in [6.07, 6.45) is 6.46. The molecule has 4 nitrogen and oxygen atoms in total. The van der Waals surface area contributed by atoms with Gasteiger partial charge in [0.15, 0.2) is 0 Å². The standard InChI is InChI=1S/C24H34FN3O/c1-5-6-11-20-18(17-9-7-8-10-19(17)25)15-28(27-20)22(29)26-21-23(2,3)16-12-13-24(21,4)14-16/h7-10,16,18,21H,5-6,11-15H2,1-4H3,(H,26,29)/t16?,18?,21-,24-/m0/s1. The molecule has 1 N–H and O–H groups in total. The molecule has 0 spiro atoms. The minimum atomic E-state index is -0.217. The number of amides is 2. The lowest BCUT2D eigenvalue weighted by atomic mass is 9.68. The molecular weight excluding hydrogens is 365 g/mol. The zero-order valence-electron chi connectivity index (χ0n) is 18.2. The van der Waals surface area contributed by atoms with Crippen molar-refractivity contribution in [1.82, 2.24) is 10.3 Å². The van der Waals surface area contributed by atoms with Crippen molar-refractivity contribution < 1.29 is 9.18 Å². The number of nitrogens with zero attached hydrogens (tertiary/aromatic N) is 2. The van der Waals surface area contributed by atoms with Gasteiger partial charge >= 0.3 is 6.03 Å². The molecular formula is C24H34FN3O. The Morgan fingerprint density at radius 3 is 2.72 bits per heavy atom. The van der Waals surface area contributed by atoms with Crippen LogP contribution in [0, 0.1) is 22.6 Å². The molecule has 2 saturated carbocycles. The number of hydrogen-bond acceptors (Lipinski definition) is 2. The van der Waals surface area contributed by atoms with Crippen LogP contribution in [0.3, 0.4) is 0 Å². The minimum absolute atomic E-state index is 0.0993. The highest BCUT2D eigenvalue weighted by molar-refractivity contribution is 5.94. The number of urea groups is 1. The normalized spacial score (nSPS) is 32.5. The first-order chi connectivity index (χ1) is 13.8. The number of nitrogens with one attached hydrogen (secondary N) is 1. The van der Waals surface area contributed by atoms with Gasteiger partial charge in [-0.25, -0.2) is 14.2 Å². The molecule has 158 valence electrons. The number of unbranched alkanes of at least 4 members (excludes halogenated alkanes) is 1. The summed E-state index contributed by atoms with van der Waals surface area (Å²) < 4.78 is 14.5. The van der Waals surface area contributed by atoms with Gasteiger partial charge in [0.25, 0.3) is 0 Å². The van der Waals surface area contributed by atoms with Gasteiger partial charge in [-0.2, -0.15) is 5.10 Å². The fourth-order valence-electron chi connectivity index (χ4n) is 6.15. The van der Waals surface area contributed by atoms with E-state index in [1.54, 1.807) is 11.1 Å². The van der Waals surface area contributed by atoms with E-state index in [1.165, 1.54) is 25.3 Å². The van der Waals surface area contributed by atoms with E-state index in [9.17, 15) is 9.18 Å². The largest absolute Gasteiger partial charge is 0.338 e. The van der Waals surface area contributed by atoms with Gasteiger partial charge < -0.3 is 5.32 Å². The molecule has 2 fully saturated rings. The van der Waals surface area contributed by atoms with Crippen molar-refractivity contribution in [3.8, 4) is 0 Å². The average molecular weight is 400 g/mol. The molecule has 4 atom stereocenters. The Labute approximate surface area is 173 Å². The highest BCUT2D eigenvalue weighted by Gasteiger charge is 2.60. The van der Waals surface area contributed by atoms with E-state index in [1.807, 2.05) is 12.1 Å². The lowest BCUT2D eigenvalue weighted by Gasteiger charge is -2.43. The van der Waals surface area contributed by atoms with Crippen LogP contribution in [0.2, 0.25) is 0 Å². The van der Waals surface area contributed by atoms with E-state index in [-0.39, 0.29) is 34.6 Å². The molecule has 3 aliphatic rings. The SMILES string of the molecule is CCCCC1=NN(C(=O)N[C@H]2C(C)(C)C3CC[C@@]2(C)C3)CC1c1ccccc1F. The summed E-state index contributed by atoms with van der Waals surface area (Å²) in [7, 11) is 0. The molecule has 2 aliphatic carbocycles. The van der Waals surface area contributed by atoms with E-state index in [0.29, 0.717) is 18.0 Å². The monoisotopic (exact) mass is 399 g/mol. The van der Waals surface area contributed by atoms with Crippen LogP contribution in [-0.4, -0.2) is 29.3 Å². The summed E-state index contributed by atoms with van der Waals surface area (Å²) in [5, 5.41) is 9.55. The number of hydrogen-bond donors (Lipinski definition) is 1. The highest BCUT2D eigenvalue weighted by atomic mass is 19.1. The summed E-state index contributed by atoms with van der Waals surface area (Å²) in [5.74, 6) is 0.300.